The molecule has 0 saturated heterocycles. The lowest BCUT2D eigenvalue weighted by molar-refractivity contribution is 0.140. The number of unbranched alkanes of at least 4 members (excludes halogenated alkanes) is 5. The van der Waals surface area contributed by atoms with Crippen molar-refractivity contribution in [3.8, 4) is 5.75 Å². The van der Waals surface area contributed by atoms with Crippen LogP contribution >= 0.6 is 12.2 Å². The first kappa shape index (κ1) is 23.6. The summed E-state index contributed by atoms with van der Waals surface area (Å²) in [6.07, 6.45) is 22.3. The summed E-state index contributed by atoms with van der Waals surface area (Å²) >= 11 is 5.97. The summed E-state index contributed by atoms with van der Waals surface area (Å²) in [4.78, 5) is 2.54. The van der Waals surface area contributed by atoms with Crippen molar-refractivity contribution in [3.63, 3.8) is 0 Å². The molecule has 0 amide bonds. The molecule has 0 aromatic heterocycles. The van der Waals surface area contributed by atoms with Crippen molar-refractivity contribution in [2.24, 2.45) is 0 Å². The molecule has 1 aromatic carbocycles. The van der Waals surface area contributed by atoms with E-state index >= 15 is 0 Å². The van der Waals surface area contributed by atoms with Gasteiger partial charge in [-0.05, 0) is 62.4 Å². The summed E-state index contributed by atoms with van der Waals surface area (Å²) in [6.45, 7) is 2.28. The fraction of sp³-hybridized carbons (Fsp3) is 0.741. The molecule has 0 aliphatic heterocycles. The molecule has 0 bridgehead atoms. The molecule has 2 fully saturated rings. The van der Waals surface area contributed by atoms with E-state index in [2.05, 4.69) is 36.1 Å². The highest BCUT2D eigenvalue weighted by Crippen LogP contribution is 2.32. The van der Waals surface area contributed by atoms with Crippen LogP contribution in [0.5, 0.6) is 5.75 Å². The maximum atomic E-state index is 6.47. The summed E-state index contributed by atoms with van der Waals surface area (Å²) in [5.41, 5.74) is 1.32. The predicted molar refractivity (Wildman–Crippen MR) is 132 cm³/mol. The van der Waals surface area contributed by atoms with Crippen LogP contribution in [0.3, 0.4) is 0 Å². The third-order valence-corrected chi connectivity index (χ3v) is 7.41. The number of nitrogens with zero attached hydrogens (tertiary/aromatic N) is 1. The number of hydrogen-bond donors (Lipinski definition) is 0. The van der Waals surface area contributed by atoms with Crippen LogP contribution in [0.1, 0.15) is 115 Å². The molecular weight excluding hydrogens is 386 g/mol. The Bertz CT molecular complexity index is 601. The van der Waals surface area contributed by atoms with Gasteiger partial charge in [-0.1, -0.05) is 95.8 Å². The zero-order valence-corrected chi connectivity index (χ0v) is 20.1. The Morgan fingerprint density at radius 3 is 2.03 bits per heavy atom. The molecule has 168 valence electrons. The van der Waals surface area contributed by atoms with Gasteiger partial charge in [0.05, 0.1) is 0 Å². The average molecular weight is 430 g/mol. The van der Waals surface area contributed by atoms with E-state index in [-0.39, 0.29) is 0 Å². The summed E-state index contributed by atoms with van der Waals surface area (Å²) in [5, 5.41) is 0.740. The average Bonchev–Trinajstić information content (AvgIpc) is 2.79. The smallest absolute Gasteiger partial charge is 0.265 e. The molecule has 2 nitrogen and oxygen atoms in total. The summed E-state index contributed by atoms with van der Waals surface area (Å²) < 4.78 is 6.47. The molecule has 0 atom stereocenters. The van der Waals surface area contributed by atoms with E-state index in [1.54, 1.807) is 0 Å². The van der Waals surface area contributed by atoms with Gasteiger partial charge in [0.25, 0.3) is 5.17 Å². The van der Waals surface area contributed by atoms with E-state index in [0.29, 0.717) is 12.1 Å². The van der Waals surface area contributed by atoms with E-state index < -0.39 is 0 Å². The molecule has 2 aliphatic rings. The van der Waals surface area contributed by atoms with Crippen molar-refractivity contribution < 1.29 is 4.74 Å². The number of ether oxygens (including phenoxy) is 1. The van der Waals surface area contributed by atoms with Gasteiger partial charge in [-0.3, -0.25) is 0 Å². The normalized spacial score (nSPS) is 18.3. The van der Waals surface area contributed by atoms with Crippen LogP contribution in [-0.2, 0) is 6.42 Å². The van der Waals surface area contributed by atoms with Crippen LogP contribution in [-0.4, -0.2) is 22.2 Å². The number of rotatable bonds is 10. The third-order valence-electron chi connectivity index (χ3n) is 7.12. The van der Waals surface area contributed by atoms with Gasteiger partial charge in [-0.2, -0.15) is 0 Å². The second-order valence-corrected chi connectivity index (χ2v) is 9.83. The van der Waals surface area contributed by atoms with Crippen LogP contribution < -0.4 is 4.74 Å². The molecule has 2 saturated carbocycles. The first-order chi connectivity index (χ1) is 14.8. The third kappa shape index (κ3) is 7.25. The molecule has 1 aromatic rings. The van der Waals surface area contributed by atoms with Gasteiger partial charge in [0.1, 0.15) is 5.75 Å². The van der Waals surface area contributed by atoms with Crippen LogP contribution in [0.25, 0.3) is 0 Å². The van der Waals surface area contributed by atoms with Crippen molar-refractivity contribution in [1.29, 1.82) is 0 Å². The maximum absolute atomic E-state index is 6.47. The molecule has 2 aliphatic carbocycles. The maximum Gasteiger partial charge on any atom is 0.265 e. The van der Waals surface area contributed by atoms with Crippen molar-refractivity contribution in [1.82, 2.24) is 4.90 Å². The van der Waals surface area contributed by atoms with Gasteiger partial charge < -0.3 is 9.64 Å². The Kier molecular flexibility index (Phi) is 10.5. The molecule has 0 heterocycles. The minimum atomic E-state index is 0.583. The van der Waals surface area contributed by atoms with E-state index in [1.165, 1.54) is 108 Å². The standard InChI is InChI=1S/C27H43NOS/c1-2-3-4-5-6-9-16-23-17-14-15-22-26(23)29-27(30)28(24-18-10-7-11-19-24)25-20-12-8-13-21-25/h14-15,17,22,24-25H,2-13,16,18-21H2,1H3. The Balaban J connectivity index is 1.61. The summed E-state index contributed by atoms with van der Waals surface area (Å²) in [5.74, 6) is 0.993. The molecule has 3 rings (SSSR count). The summed E-state index contributed by atoms with van der Waals surface area (Å²) in [7, 11) is 0. The minimum Gasteiger partial charge on any atom is -0.431 e. The Labute approximate surface area is 190 Å². The molecule has 0 radical (unpaired) electrons. The van der Waals surface area contributed by atoms with Crippen molar-refractivity contribution in [2.75, 3.05) is 0 Å². The number of hydrogen-bond acceptors (Lipinski definition) is 2. The van der Waals surface area contributed by atoms with Crippen molar-refractivity contribution >= 4 is 17.4 Å². The highest BCUT2D eigenvalue weighted by atomic mass is 32.1. The van der Waals surface area contributed by atoms with Crippen LogP contribution in [0, 0.1) is 0 Å². The zero-order chi connectivity index (χ0) is 21.0. The SMILES string of the molecule is CCCCCCCCc1ccccc1OC(=S)N(C1CCCCC1)C1CCCCC1. The number of aryl methyl sites for hydroxylation is 1. The molecule has 0 N–H and O–H groups in total. The Morgan fingerprint density at radius 1 is 0.833 bits per heavy atom. The van der Waals surface area contributed by atoms with Gasteiger partial charge in [0.15, 0.2) is 0 Å². The van der Waals surface area contributed by atoms with E-state index in [1.807, 2.05) is 0 Å². The molecule has 30 heavy (non-hydrogen) atoms. The molecule has 3 heteroatoms. The first-order valence-corrected chi connectivity index (χ1v) is 13.3. The predicted octanol–water partition coefficient (Wildman–Crippen LogP) is 8.22. The van der Waals surface area contributed by atoms with Gasteiger partial charge in [0, 0.05) is 12.1 Å². The highest BCUT2D eigenvalue weighted by molar-refractivity contribution is 7.80. The minimum absolute atomic E-state index is 0.583. The summed E-state index contributed by atoms with van der Waals surface area (Å²) in [6, 6.07) is 9.75. The Morgan fingerprint density at radius 2 is 1.40 bits per heavy atom. The Hall–Kier alpha value is -1.09. The number of para-hydroxylation sites is 1. The topological polar surface area (TPSA) is 12.5 Å². The molecular formula is C27H43NOS. The lowest BCUT2D eigenvalue weighted by Gasteiger charge is -2.42. The molecule has 0 spiro atoms. The second kappa shape index (κ2) is 13.3. The van der Waals surface area contributed by atoms with E-state index in [4.69, 9.17) is 17.0 Å². The largest absolute Gasteiger partial charge is 0.431 e. The highest BCUT2D eigenvalue weighted by Gasteiger charge is 2.31. The van der Waals surface area contributed by atoms with Crippen molar-refractivity contribution in [2.45, 2.75) is 128 Å². The van der Waals surface area contributed by atoms with Crippen LogP contribution in [0.15, 0.2) is 24.3 Å². The van der Waals surface area contributed by atoms with Gasteiger partial charge in [-0.15, -0.1) is 0 Å². The lowest BCUT2D eigenvalue weighted by Crippen LogP contribution is -2.49. The van der Waals surface area contributed by atoms with Crippen LogP contribution in [0.4, 0.5) is 0 Å². The van der Waals surface area contributed by atoms with E-state index in [9.17, 15) is 0 Å². The second-order valence-electron chi connectivity index (χ2n) is 9.48. The first-order valence-electron chi connectivity index (χ1n) is 12.9. The fourth-order valence-corrected chi connectivity index (χ4v) is 5.76. The van der Waals surface area contributed by atoms with Gasteiger partial charge in [0.2, 0.25) is 0 Å². The fourth-order valence-electron chi connectivity index (χ4n) is 5.37. The van der Waals surface area contributed by atoms with Crippen molar-refractivity contribution in [3.05, 3.63) is 29.8 Å². The van der Waals surface area contributed by atoms with E-state index in [0.717, 1.165) is 17.3 Å². The number of thiocarbonyl (C=S) groups is 1. The lowest BCUT2D eigenvalue weighted by atomic mass is 9.89. The quantitative estimate of drug-likeness (QED) is 0.274. The number of benzene rings is 1. The van der Waals surface area contributed by atoms with Gasteiger partial charge in [-0.25, -0.2) is 0 Å². The molecule has 0 unspecified atom stereocenters. The van der Waals surface area contributed by atoms with Gasteiger partial charge >= 0.3 is 0 Å². The monoisotopic (exact) mass is 429 g/mol. The zero-order valence-electron chi connectivity index (χ0n) is 19.2. The van der Waals surface area contributed by atoms with Crippen LogP contribution in [0.2, 0.25) is 0 Å².